The molecular formula is C16H11NO4. The van der Waals surface area contributed by atoms with Crippen LogP contribution in [0.2, 0.25) is 0 Å². The van der Waals surface area contributed by atoms with Crippen LogP contribution in [0.4, 0.5) is 0 Å². The van der Waals surface area contributed by atoms with Crippen LogP contribution in [0.25, 0.3) is 11.0 Å². The van der Waals surface area contributed by atoms with E-state index < -0.39 is 5.63 Å². The largest absolute Gasteiger partial charge is 0.456 e. The smallest absolute Gasteiger partial charge is 0.336 e. The van der Waals surface area contributed by atoms with Gasteiger partial charge in [-0.25, -0.2) is 4.79 Å². The maximum Gasteiger partial charge on any atom is 0.336 e. The number of fused-ring (bicyclic) bond motifs is 1. The predicted octanol–water partition coefficient (Wildman–Crippen LogP) is 3.10. The lowest BCUT2D eigenvalue weighted by atomic mass is 10.1. The number of ether oxygens (including phenoxy) is 1. The summed E-state index contributed by atoms with van der Waals surface area (Å²) in [7, 11) is 0. The molecule has 5 nitrogen and oxygen atoms in total. The minimum atomic E-state index is -0.401. The fraction of sp³-hybridized carbons (Fsp3) is 0.0625. The van der Waals surface area contributed by atoms with Crippen molar-refractivity contribution in [1.82, 2.24) is 4.98 Å². The second-order valence-electron chi connectivity index (χ2n) is 4.58. The summed E-state index contributed by atoms with van der Waals surface area (Å²) in [6.07, 6.45) is 3.65. The van der Waals surface area contributed by atoms with Gasteiger partial charge in [-0.2, -0.15) is 0 Å². The molecule has 0 fully saturated rings. The van der Waals surface area contributed by atoms with E-state index in [2.05, 4.69) is 4.98 Å². The Morgan fingerprint density at radius 2 is 2.00 bits per heavy atom. The van der Waals surface area contributed by atoms with Gasteiger partial charge >= 0.3 is 5.63 Å². The van der Waals surface area contributed by atoms with Crippen molar-refractivity contribution in [1.29, 1.82) is 0 Å². The van der Waals surface area contributed by atoms with Crippen LogP contribution in [0.3, 0.4) is 0 Å². The first-order valence-corrected chi connectivity index (χ1v) is 6.28. The average molecular weight is 281 g/mol. The highest BCUT2D eigenvalue weighted by molar-refractivity contribution is 5.81. The number of rotatable bonds is 3. The quantitative estimate of drug-likeness (QED) is 0.545. The molecule has 0 bridgehead atoms. The van der Waals surface area contributed by atoms with E-state index in [0.29, 0.717) is 28.9 Å². The van der Waals surface area contributed by atoms with Crippen molar-refractivity contribution in [3.05, 3.63) is 64.3 Å². The van der Waals surface area contributed by atoms with E-state index >= 15 is 0 Å². The van der Waals surface area contributed by atoms with Gasteiger partial charge in [0.05, 0.1) is 6.20 Å². The Kier molecular flexibility index (Phi) is 3.23. The summed E-state index contributed by atoms with van der Waals surface area (Å²) in [6, 6.07) is 8.25. The Morgan fingerprint density at radius 3 is 2.81 bits per heavy atom. The van der Waals surface area contributed by atoms with Crippen LogP contribution in [-0.4, -0.2) is 11.3 Å². The highest BCUT2D eigenvalue weighted by Crippen LogP contribution is 2.26. The Morgan fingerprint density at radius 1 is 1.14 bits per heavy atom. The fourth-order valence-corrected chi connectivity index (χ4v) is 2.06. The summed E-state index contributed by atoms with van der Waals surface area (Å²) in [6.45, 7) is 1.84. The van der Waals surface area contributed by atoms with Crippen molar-refractivity contribution in [2.24, 2.45) is 0 Å². The van der Waals surface area contributed by atoms with E-state index in [-0.39, 0.29) is 0 Å². The van der Waals surface area contributed by atoms with Gasteiger partial charge in [-0.3, -0.25) is 9.78 Å². The Hall–Kier alpha value is -2.95. The maximum atomic E-state index is 11.4. The summed E-state index contributed by atoms with van der Waals surface area (Å²) in [5.74, 6) is 0.940. The summed E-state index contributed by atoms with van der Waals surface area (Å²) in [5, 5.41) is 0.849. The second kappa shape index (κ2) is 5.20. The third kappa shape index (κ3) is 2.67. The molecule has 0 saturated heterocycles. The van der Waals surface area contributed by atoms with Crippen LogP contribution in [0, 0.1) is 6.92 Å². The van der Waals surface area contributed by atoms with E-state index in [0.717, 1.165) is 10.9 Å². The third-order valence-corrected chi connectivity index (χ3v) is 3.03. The molecule has 0 aliphatic heterocycles. The molecule has 0 amide bonds. The standard InChI is InChI=1S/C16H11NO4/c1-10-4-16(19)21-15-6-12(2-3-14(10)15)20-13-5-11(9-18)7-17-8-13/h2-9H,1H3. The minimum absolute atomic E-state index is 0.401. The molecule has 0 aliphatic rings. The summed E-state index contributed by atoms with van der Waals surface area (Å²) in [5.41, 5.74) is 1.33. The van der Waals surface area contributed by atoms with Gasteiger partial charge in [0.25, 0.3) is 0 Å². The number of hydrogen-bond acceptors (Lipinski definition) is 5. The van der Waals surface area contributed by atoms with Crippen LogP contribution < -0.4 is 10.4 Å². The van der Waals surface area contributed by atoms with Crippen molar-refractivity contribution in [3.63, 3.8) is 0 Å². The van der Waals surface area contributed by atoms with Gasteiger partial charge in [0.1, 0.15) is 17.1 Å². The van der Waals surface area contributed by atoms with Crippen LogP contribution in [0.15, 0.2) is 51.9 Å². The van der Waals surface area contributed by atoms with Crippen LogP contribution in [-0.2, 0) is 0 Å². The van der Waals surface area contributed by atoms with Gasteiger partial charge in [0, 0.05) is 29.3 Å². The predicted molar refractivity (Wildman–Crippen MR) is 76.9 cm³/mol. The molecule has 0 N–H and O–H groups in total. The van der Waals surface area contributed by atoms with Crippen LogP contribution >= 0.6 is 0 Å². The average Bonchev–Trinajstić information content (AvgIpc) is 2.47. The number of aryl methyl sites for hydroxylation is 1. The minimum Gasteiger partial charge on any atom is -0.456 e. The summed E-state index contributed by atoms with van der Waals surface area (Å²) >= 11 is 0. The van der Waals surface area contributed by atoms with Gasteiger partial charge < -0.3 is 9.15 Å². The van der Waals surface area contributed by atoms with Gasteiger partial charge in [0.15, 0.2) is 6.29 Å². The Bertz CT molecular complexity index is 883. The molecule has 2 aromatic heterocycles. The number of benzene rings is 1. The molecule has 104 valence electrons. The molecule has 0 aliphatic carbocycles. The molecule has 2 heterocycles. The lowest BCUT2D eigenvalue weighted by Crippen LogP contribution is -1.97. The highest BCUT2D eigenvalue weighted by atomic mass is 16.5. The van der Waals surface area contributed by atoms with Crippen molar-refractivity contribution in [2.45, 2.75) is 6.92 Å². The van der Waals surface area contributed by atoms with Crippen molar-refractivity contribution < 1.29 is 13.9 Å². The molecule has 5 heteroatoms. The number of nitrogens with zero attached hydrogens (tertiary/aromatic N) is 1. The topological polar surface area (TPSA) is 69.4 Å². The van der Waals surface area contributed by atoms with E-state index in [9.17, 15) is 9.59 Å². The lowest BCUT2D eigenvalue weighted by Gasteiger charge is -2.07. The first-order chi connectivity index (χ1) is 10.2. The normalized spacial score (nSPS) is 10.5. The van der Waals surface area contributed by atoms with E-state index in [4.69, 9.17) is 9.15 Å². The molecule has 3 aromatic rings. The molecule has 21 heavy (non-hydrogen) atoms. The SMILES string of the molecule is Cc1cc(=O)oc2cc(Oc3cncc(C=O)c3)ccc12. The first-order valence-electron chi connectivity index (χ1n) is 6.28. The zero-order valence-corrected chi connectivity index (χ0v) is 11.2. The lowest BCUT2D eigenvalue weighted by molar-refractivity contribution is 0.112. The molecule has 0 saturated carbocycles. The highest BCUT2D eigenvalue weighted by Gasteiger charge is 2.05. The number of carbonyl (C=O) groups is 1. The zero-order valence-electron chi connectivity index (χ0n) is 11.2. The number of aldehydes is 1. The van der Waals surface area contributed by atoms with E-state index in [1.165, 1.54) is 18.5 Å². The van der Waals surface area contributed by atoms with Gasteiger partial charge in [-0.15, -0.1) is 0 Å². The summed E-state index contributed by atoms with van der Waals surface area (Å²) in [4.78, 5) is 26.0. The van der Waals surface area contributed by atoms with Gasteiger partial charge in [0.2, 0.25) is 0 Å². The Labute approximate surface area is 119 Å². The van der Waals surface area contributed by atoms with Gasteiger partial charge in [-0.1, -0.05) is 0 Å². The van der Waals surface area contributed by atoms with E-state index in [1.807, 2.05) is 13.0 Å². The number of hydrogen-bond donors (Lipinski definition) is 0. The van der Waals surface area contributed by atoms with Crippen LogP contribution in [0.1, 0.15) is 15.9 Å². The third-order valence-electron chi connectivity index (χ3n) is 3.03. The Balaban J connectivity index is 2.01. The number of pyridine rings is 1. The maximum absolute atomic E-state index is 11.4. The number of aromatic nitrogens is 1. The van der Waals surface area contributed by atoms with Gasteiger partial charge in [-0.05, 0) is 30.7 Å². The number of carbonyl (C=O) groups excluding carboxylic acids is 1. The molecule has 3 rings (SSSR count). The molecule has 0 radical (unpaired) electrons. The summed E-state index contributed by atoms with van der Waals surface area (Å²) < 4.78 is 10.8. The molecular weight excluding hydrogens is 270 g/mol. The monoisotopic (exact) mass is 281 g/mol. The van der Waals surface area contributed by atoms with E-state index in [1.54, 1.807) is 18.2 Å². The van der Waals surface area contributed by atoms with Crippen molar-refractivity contribution in [3.8, 4) is 11.5 Å². The molecule has 1 aromatic carbocycles. The first kappa shape index (κ1) is 13.1. The zero-order chi connectivity index (χ0) is 14.8. The molecule has 0 unspecified atom stereocenters. The molecule has 0 spiro atoms. The molecule has 0 atom stereocenters. The fourth-order valence-electron chi connectivity index (χ4n) is 2.06. The van der Waals surface area contributed by atoms with Crippen molar-refractivity contribution in [2.75, 3.05) is 0 Å². The second-order valence-corrected chi connectivity index (χ2v) is 4.58. The van der Waals surface area contributed by atoms with Crippen LogP contribution in [0.5, 0.6) is 11.5 Å². The van der Waals surface area contributed by atoms with Crippen molar-refractivity contribution >= 4 is 17.3 Å².